The average Bonchev–Trinajstić information content (AvgIpc) is 2.01. The van der Waals surface area contributed by atoms with Crippen LogP contribution in [-0.2, 0) is 20.2 Å². The van der Waals surface area contributed by atoms with Gasteiger partial charge in [0.05, 0.1) is 0 Å². The quantitative estimate of drug-likeness (QED) is 0.446. The van der Waals surface area contributed by atoms with Gasteiger partial charge in [0.25, 0.3) is 20.2 Å². The van der Waals surface area contributed by atoms with Gasteiger partial charge in [-0.25, -0.2) is 0 Å². The van der Waals surface area contributed by atoms with Crippen LogP contribution in [0.15, 0.2) is 34.1 Å². The molecule has 0 atom stereocenters. The van der Waals surface area contributed by atoms with Crippen LogP contribution >= 0.6 is 0 Å². The second-order valence-electron chi connectivity index (χ2n) is 2.40. The zero-order chi connectivity index (χ0) is 11.0. The van der Waals surface area contributed by atoms with Crippen LogP contribution in [0.2, 0.25) is 0 Å². The molecule has 0 amide bonds. The van der Waals surface area contributed by atoms with E-state index in [0.29, 0.717) is 0 Å². The van der Waals surface area contributed by atoms with Crippen molar-refractivity contribution >= 4 is 20.2 Å². The van der Waals surface area contributed by atoms with E-state index in [4.69, 9.17) is 9.11 Å². The summed E-state index contributed by atoms with van der Waals surface area (Å²) in [5.74, 6) is 0. The maximum Gasteiger partial charge on any atom is 1.00 e. The van der Waals surface area contributed by atoms with E-state index in [1.807, 2.05) is 0 Å². The van der Waals surface area contributed by atoms with E-state index in [2.05, 4.69) is 0 Å². The summed E-state index contributed by atoms with van der Waals surface area (Å²) in [5.41, 5.74) is 0. The summed E-state index contributed by atoms with van der Waals surface area (Å²) in [6.07, 6.45) is 0. The fraction of sp³-hybridized carbons (Fsp3) is 0. The van der Waals surface area contributed by atoms with Gasteiger partial charge in [-0.2, -0.15) is 16.8 Å². The number of benzene rings is 1. The molecule has 0 aromatic heterocycles. The van der Waals surface area contributed by atoms with Crippen molar-refractivity contribution in [2.24, 2.45) is 0 Å². The molecule has 0 saturated heterocycles. The van der Waals surface area contributed by atoms with Crippen LogP contribution < -0.4 is 51.4 Å². The minimum absolute atomic E-state index is 0. The van der Waals surface area contributed by atoms with Gasteiger partial charge in [-0.05, 0) is 12.1 Å². The Balaban J connectivity index is 0.00000196. The largest absolute Gasteiger partial charge is 1.00 e. The van der Waals surface area contributed by atoms with Crippen LogP contribution in [0.25, 0.3) is 0 Å². The molecule has 9 heteroatoms. The van der Waals surface area contributed by atoms with Crippen LogP contribution in [0.5, 0.6) is 0 Å². The standard InChI is InChI=1S/C6H6O6S2.K/c7-13(8,9)5-3-1-2-4-6(5)14(10,11)12;/h1-4H,(H,7,8,9)(H,10,11,12);/q;+1. The van der Waals surface area contributed by atoms with E-state index in [1.165, 1.54) is 12.1 Å². The molecule has 0 aliphatic heterocycles. The second-order valence-corrected chi connectivity index (χ2v) is 5.18. The van der Waals surface area contributed by atoms with E-state index in [-0.39, 0.29) is 51.4 Å². The summed E-state index contributed by atoms with van der Waals surface area (Å²) < 4.78 is 60.0. The van der Waals surface area contributed by atoms with Gasteiger partial charge in [-0.1, -0.05) is 12.1 Å². The Kier molecular flexibility index (Phi) is 5.58. The Bertz CT molecular complexity index is 496. The molecule has 2 N–H and O–H groups in total. The Morgan fingerprint density at radius 3 is 1.27 bits per heavy atom. The molecule has 0 radical (unpaired) electrons. The first-order valence-corrected chi connectivity index (χ1v) is 6.15. The first kappa shape index (κ1) is 15.7. The van der Waals surface area contributed by atoms with Crippen molar-refractivity contribution in [2.75, 3.05) is 0 Å². The van der Waals surface area contributed by atoms with Crippen LogP contribution in [0.4, 0.5) is 0 Å². The van der Waals surface area contributed by atoms with Crippen LogP contribution in [0, 0.1) is 0 Å². The minimum atomic E-state index is -4.66. The average molecular weight is 277 g/mol. The molecule has 78 valence electrons. The Hall–Kier alpha value is 0.676. The molecule has 0 heterocycles. The molecule has 1 aromatic carbocycles. The van der Waals surface area contributed by atoms with E-state index >= 15 is 0 Å². The molecule has 1 aromatic rings. The van der Waals surface area contributed by atoms with Crippen molar-refractivity contribution < 1.29 is 77.3 Å². The number of hydrogen-bond donors (Lipinski definition) is 2. The molecule has 0 unspecified atom stereocenters. The molecular formula is C6H6KO6S2+. The molecule has 0 fully saturated rings. The number of hydrogen-bond acceptors (Lipinski definition) is 4. The van der Waals surface area contributed by atoms with Crippen LogP contribution in [0.3, 0.4) is 0 Å². The molecule has 0 saturated carbocycles. The Labute approximate surface area is 130 Å². The summed E-state index contributed by atoms with van der Waals surface area (Å²) in [6, 6.07) is 4.19. The smallest absolute Gasteiger partial charge is 0.282 e. The van der Waals surface area contributed by atoms with Gasteiger partial charge in [-0.3, -0.25) is 9.11 Å². The van der Waals surface area contributed by atoms with Crippen molar-refractivity contribution in [1.29, 1.82) is 0 Å². The van der Waals surface area contributed by atoms with Gasteiger partial charge in [0.15, 0.2) is 0 Å². The Morgan fingerprint density at radius 2 is 1.07 bits per heavy atom. The third-order valence-electron chi connectivity index (χ3n) is 1.40. The molecule has 0 bridgehead atoms. The molecule has 1 rings (SSSR count). The summed E-state index contributed by atoms with van der Waals surface area (Å²) in [5, 5.41) is 0. The third kappa shape index (κ3) is 4.21. The third-order valence-corrected chi connectivity index (χ3v) is 3.36. The van der Waals surface area contributed by atoms with Crippen LogP contribution in [-0.4, -0.2) is 25.9 Å². The summed E-state index contributed by atoms with van der Waals surface area (Å²) in [6.45, 7) is 0. The SMILES string of the molecule is O=S(=O)(O)c1ccccc1S(=O)(=O)O.[K+]. The maximum atomic E-state index is 10.7. The van der Waals surface area contributed by atoms with Gasteiger partial charge in [-0.15, -0.1) is 0 Å². The zero-order valence-corrected chi connectivity index (χ0v) is 12.4. The van der Waals surface area contributed by atoms with Gasteiger partial charge in [0.2, 0.25) is 0 Å². The van der Waals surface area contributed by atoms with E-state index in [0.717, 1.165) is 12.1 Å². The predicted molar refractivity (Wildman–Crippen MR) is 46.1 cm³/mol. The monoisotopic (exact) mass is 277 g/mol. The summed E-state index contributed by atoms with van der Waals surface area (Å²) >= 11 is 0. The van der Waals surface area contributed by atoms with Crippen molar-refractivity contribution in [3.63, 3.8) is 0 Å². The van der Waals surface area contributed by atoms with E-state index in [1.54, 1.807) is 0 Å². The maximum absolute atomic E-state index is 10.7. The van der Waals surface area contributed by atoms with Gasteiger partial charge in [0, 0.05) is 0 Å². The second kappa shape index (κ2) is 5.34. The molecule has 15 heavy (non-hydrogen) atoms. The molecule has 0 aliphatic carbocycles. The minimum Gasteiger partial charge on any atom is -0.282 e. The molecule has 0 spiro atoms. The van der Waals surface area contributed by atoms with Crippen LogP contribution in [0.1, 0.15) is 0 Å². The molecule has 6 nitrogen and oxygen atoms in total. The summed E-state index contributed by atoms with van der Waals surface area (Å²) in [7, 11) is -9.31. The predicted octanol–water partition coefficient (Wildman–Crippen LogP) is -2.82. The zero-order valence-electron chi connectivity index (χ0n) is 7.65. The van der Waals surface area contributed by atoms with Crippen molar-refractivity contribution in [3.05, 3.63) is 24.3 Å². The Morgan fingerprint density at radius 1 is 0.800 bits per heavy atom. The normalized spacial score (nSPS) is 11.9. The van der Waals surface area contributed by atoms with E-state index in [9.17, 15) is 16.8 Å². The van der Waals surface area contributed by atoms with Gasteiger partial charge >= 0.3 is 51.4 Å². The first-order chi connectivity index (χ1) is 6.23. The fourth-order valence-corrected chi connectivity index (χ4v) is 2.65. The van der Waals surface area contributed by atoms with Crippen molar-refractivity contribution in [2.45, 2.75) is 9.79 Å². The molecular weight excluding hydrogens is 271 g/mol. The van der Waals surface area contributed by atoms with Gasteiger partial charge in [0.1, 0.15) is 9.79 Å². The molecule has 0 aliphatic rings. The first-order valence-electron chi connectivity index (χ1n) is 3.27. The fourth-order valence-electron chi connectivity index (χ4n) is 0.876. The van der Waals surface area contributed by atoms with Crippen molar-refractivity contribution in [3.8, 4) is 0 Å². The number of rotatable bonds is 2. The van der Waals surface area contributed by atoms with E-state index < -0.39 is 30.0 Å². The summed E-state index contributed by atoms with van der Waals surface area (Å²) in [4.78, 5) is -1.69. The van der Waals surface area contributed by atoms with Crippen molar-refractivity contribution in [1.82, 2.24) is 0 Å². The topological polar surface area (TPSA) is 109 Å². The van der Waals surface area contributed by atoms with Gasteiger partial charge < -0.3 is 0 Å².